The van der Waals surface area contributed by atoms with Crippen molar-refractivity contribution in [3.63, 3.8) is 0 Å². The topological polar surface area (TPSA) is 113 Å². The molecule has 2 fully saturated rings. The summed E-state index contributed by atoms with van der Waals surface area (Å²) < 4.78 is -2.10. The lowest BCUT2D eigenvalue weighted by Crippen LogP contribution is -2.70. The second-order valence-corrected chi connectivity index (χ2v) is 9.71. The molecule has 0 aliphatic carbocycles. The van der Waals surface area contributed by atoms with Crippen LogP contribution in [0.15, 0.2) is 29.3 Å². The van der Waals surface area contributed by atoms with Crippen molar-refractivity contribution in [2.45, 2.75) is 34.5 Å². The molecule has 2 aliphatic heterocycles. The Morgan fingerprint density at radius 2 is 2.15 bits per heavy atom. The molecule has 8 nitrogen and oxygen atoms in total. The van der Waals surface area contributed by atoms with Gasteiger partial charge in [-0.05, 0) is 29.8 Å². The lowest BCUT2D eigenvalue weighted by molar-refractivity contribution is -0.384. The average molecular weight is 463 g/mol. The molecule has 26 heavy (non-hydrogen) atoms. The van der Waals surface area contributed by atoms with Gasteiger partial charge in [-0.15, -0.1) is 11.8 Å². The molecule has 138 valence electrons. The van der Waals surface area contributed by atoms with Crippen molar-refractivity contribution in [3.8, 4) is 0 Å². The lowest BCUT2D eigenvalue weighted by atomic mass is 9.96. The van der Waals surface area contributed by atoms with Gasteiger partial charge in [0.1, 0.15) is 16.6 Å². The standard InChI is InChI=1S/C15H13BrClN3O5S/c1-14(2)9(11(21)22)19-12(23)15(16,13(19)26-14)18-10(17)7-4-3-5-8(6-7)20(24)25/h3-6,9,13H,1-2H3,(H,21,22)/t9-,13+,15?/m0/s1. The van der Waals surface area contributed by atoms with Crippen molar-refractivity contribution >= 4 is 62.0 Å². The first-order valence-corrected chi connectivity index (χ1v) is 9.46. The van der Waals surface area contributed by atoms with Gasteiger partial charge in [0.2, 0.25) is 4.45 Å². The minimum Gasteiger partial charge on any atom is -0.480 e. The van der Waals surface area contributed by atoms with E-state index in [2.05, 4.69) is 20.9 Å². The van der Waals surface area contributed by atoms with Crippen molar-refractivity contribution < 1.29 is 19.6 Å². The predicted molar refractivity (Wildman–Crippen MR) is 101 cm³/mol. The summed E-state index contributed by atoms with van der Waals surface area (Å²) in [6.45, 7) is 3.50. The number of aliphatic imine (C=N–C) groups is 1. The van der Waals surface area contributed by atoms with Crippen molar-refractivity contribution in [2.75, 3.05) is 0 Å². The smallest absolute Gasteiger partial charge is 0.327 e. The minimum atomic E-state index is -1.40. The molecule has 1 unspecified atom stereocenters. The number of thioether (sulfide) groups is 1. The number of alkyl halides is 1. The molecule has 2 saturated heterocycles. The lowest BCUT2D eigenvalue weighted by Gasteiger charge is -2.47. The third-order valence-corrected chi connectivity index (χ3v) is 7.43. The highest BCUT2D eigenvalue weighted by atomic mass is 79.9. The van der Waals surface area contributed by atoms with Crippen molar-refractivity contribution in [1.82, 2.24) is 4.90 Å². The number of carbonyl (C=O) groups is 2. The van der Waals surface area contributed by atoms with Gasteiger partial charge in [-0.25, -0.2) is 9.79 Å². The maximum absolute atomic E-state index is 12.6. The van der Waals surface area contributed by atoms with Gasteiger partial charge in [0, 0.05) is 22.4 Å². The summed E-state index contributed by atoms with van der Waals surface area (Å²) in [6.07, 6.45) is 0. The number of hydrogen-bond acceptors (Lipinski definition) is 6. The maximum Gasteiger partial charge on any atom is 0.327 e. The largest absolute Gasteiger partial charge is 0.480 e. The molecule has 0 radical (unpaired) electrons. The molecule has 3 atom stereocenters. The molecule has 0 bridgehead atoms. The number of nitrogens with zero attached hydrogens (tertiary/aromatic N) is 3. The van der Waals surface area contributed by atoms with Gasteiger partial charge in [0.05, 0.1) is 4.92 Å². The highest BCUT2D eigenvalue weighted by Gasteiger charge is 2.71. The number of β-lactam (4-membered cyclic amide) rings is 1. The SMILES string of the molecule is CC1(C)S[C@H]2N(C(=O)C2(Br)N=C(Cl)c2cccc([N+](=O)[O-])c2)[C@H]1C(=O)O. The Bertz CT molecular complexity index is 863. The number of nitro benzene ring substituents is 1. The van der Waals surface area contributed by atoms with E-state index >= 15 is 0 Å². The molecule has 1 amide bonds. The first-order chi connectivity index (χ1) is 12.0. The fraction of sp³-hybridized carbons (Fsp3) is 0.400. The zero-order valence-corrected chi connectivity index (χ0v) is 16.7. The molecule has 0 saturated carbocycles. The highest BCUT2D eigenvalue weighted by Crippen LogP contribution is 2.58. The number of hydrogen-bond donors (Lipinski definition) is 1. The maximum atomic E-state index is 12.6. The second kappa shape index (κ2) is 6.21. The number of benzene rings is 1. The summed E-state index contributed by atoms with van der Waals surface area (Å²) in [5.41, 5.74) is 0.145. The monoisotopic (exact) mass is 461 g/mol. The Labute approximate surface area is 165 Å². The Morgan fingerprint density at radius 1 is 1.50 bits per heavy atom. The van der Waals surface area contributed by atoms with Crippen LogP contribution in [0.4, 0.5) is 5.69 Å². The number of nitro groups is 1. The molecule has 2 aliphatic rings. The van der Waals surface area contributed by atoms with Gasteiger partial charge in [-0.1, -0.05) is 23.7 Å². The quantitative estimate of drug-likeness (QED) is 0.184. The number of non-ortho nitro benzene ring substituents is 1. The number of amides is 1. The first-order valence-electron chi connectivity index (χ1n) is 7.41. The van der Waals surface area contributed by atoms with Gasteiger partial charge in [-0.2, -0.15) is 0 Å². The van der Waals surface area contributed by atoms with Gasteiger partial charge < -0.3 is 10.0 Å². The summed E-state index contributed by atoms with van der Waals surface area (Å²) in [5.74, 6) is -1.58. The fourth-order valence-electron chi connectivity index (χ4n) is 3.06. The second-order valence-electron chi connectivity index (χ2n) is 6.41. The van der Waals surface area contributed by atoms with Gasteiger partial charge in [0.15, 0.2) is 0 Å². The Kier molecular flexibility index (Phi) is 4.56. The van der Waals surface area contributed by atoms with E-state index in [9.17, 15) is 24.8 Å². The van der Waals surface area contributed by atoms with E-state index < -0.39 is 37.4 Å². The van der Waals surface area contributed by atoms with Crippen molar-refractivity contribution in [3.05, 3.63) is 39.9 Å². The van der Waals surface area contributed by atoms with Crippen LogP contribution in [0.2, 0.25) is 0 Å². The summed E-state index contributed by atoms with van der Waals surface area (Å²) >= 11 is 10.8. The van der Waals surface area contributed by atoms with Crippen LogP contribution in [0.5, 0.6) is 0 Å². The van der Waals surface area contributed by atoms with E-state index in [-0.39, 0.29) is 10.9 Å². The highest BCUT2D eigenvalue weighted by molar-refractivity contribution is 9.10. The molecule has 1 aromatic rings. The van der Waals surface area contributed by atoms with Crippen molar-refractivity contribution in [2.24, 2.45) is 4.99 Å². The number of halogens is 2. The van der Waals surface area contributed by atoms with Crippen LogP contribution in [-0.4, -0.2) is 52.6 Å². The van der Waals surface area contributed by atoms with Gasteiger partial charge in [-0.3, -0.25) is 14.9 Å². The third-order valence-electron chi connectivity index (χ3n) is 4.26. The van der Waals surface area contributed by atoms with Gasteiger partial charge >= 0.3 is 5.97 Å². The average Bonchev–Trinajstić information content (AvgIpc) is 2.84. The molecular formula is C15H13BrClN3O5S. The number of carbonyl (C=O) groups excluding carboxylic acids is 1. The van der Waals surface area contributed by atoms with Crippen LogP contribution >= 0.6 is 39.3 Å². The Hall–Kier alpha value is -1.65. The normalized spacial score (nSPS) is 29.9. The molecule has 3 rings (SSSR count). The number of rotatable bonds is 4. The number of aliphatic carboxylic acids is 1. The first kappa shape index (κ1) is 19.1. The summed E-state index contributed by atoms with van der Waals surface area (Å²) in [4.78, 5) is 40.1. The molecular weight excluding hydrogens is 450 g/mol. The van der Waals surface area contributed by atoms with E-state index in [1.807, 2.05) is 0 Å². The van der Waals surface area contributed by atoms with Crippen LogP contribution in [0.25, 0.3) is 0 Å². The fourth-order valence-corrected chi connectivity index (χ4v) is 5.86. The number of carboxylic acids is 1. The Morgan fingerprint density at radius 3 is 2.73 bits per heavy atom. The molecule has 0 aromatic heterocycles. The van der Waals surface area contributed by atoms with E-state index in [0.29, 0.717) is 5.56 Å². The minimum absolute atomic E-state index is 0.0734. The van der Waals surface area contributed by atoms with Crippen LogP contribution in [0.3, 0.4) is 0 Å². The summed E-state index contributed by atoms with van der Waals surface area (Å²) in [5, 5.41) is 19.7. The third kappa shape index (κ3) is 2.80. The van der Waals surface area contributed by atoms with Crippen LogP contribution < -0.4 is 0 Å². The van der Waals surface area contributed by atoms with E-state index in [1.165, 1.54) is 34.9 Å². The molecule has 1 aromatic carbocycles. The van der Waals surface area contributed by atoms with Crippen LogP contribution in [-0.2, 0) is 9.59 Å². The van der Waals surface area contributed by atoms with Crippen LogP contribution in [0, 0.1) is 10.1 Å². The van der Waals surface area contributed by atoms with Crippen LogP contribution in [0.1, 0.15) is 19.4 Å². The van der Waals surface area contributed by atoms with E-state index in [1.54, 1.807) is 19.9 Å². The van der Waals surface area contributed by atoms with E-state index in [0.717, 1.165) is 0 Å². The molecule has 0 spiro atoms. The number of fused-ring (bicyclic) bond motifs is 1. The number of carboxylic acid groups (broad SMARTS) is 1. The van der Waals surface area contributed by atoms with Crippen molar-refractivity contribution in [1.29, 1.82) is 0 Å². The van der Waals surface area contributed by atoms with E-state index in [4.69, 9.17) is 11.6 Å². The zero-order valence-electron chi connectivity index (χ0n) is 13.6. The molecule has 1 N–H and O–H groups in total. The molecule has 11 heteroatoms. The predicted octanol–water partition coefficient (Wildman–Crippen LogP) is 2.82. The van der Waals surface area contributed by atoms with Gasteiger partial charge in [0.25, 0.3) is 11.6 Å². The Balaban J connectivity index is 1.94. The molecule has 2 heterocycles. The summed E-state index contributed by atoms with van der Waals surface area (Å²) in [6, 6.07) is 4.62. The zero-order chi connectivity index (χ0) is 19.4. The summed E-state index contributed by atoms with van der Waals surface area (Å²) in [7, 11) is 0.